The van der Waals surface area contributed by atoms with Gasteiger partial charge in [0.1, 0.15) is 11.6 Å². The molecule has 30 heavy (non-hydrogen) atoms. The first-order valence-corrected chi connectivity index (χ1v) is 17.3. The van der Waals surface area contributed by atoms with Gasteiger partial charge in [0, 0.05) is 0 Å². The van der Waals surface area contributed by atoms with Gasteiger partial charge in [-0.05, 0) is 46.5 Å². The van der Waals surface area contributed by atoms with Crippen molar-refractivity contribution in [2.24, 2.45) is 0 Å². The third kappa shape index (κ3) is 5.24. The van der Waals surface area contributed by atoms with Crippen molar-refractivity contribution in [2.75, 3.05) is 0 Å². The van der Waals surface area contributed by atoms with E-state index in [9.17, 15) is 8.78 Å². The van der Waals surface area contributed by atoms with Gasteiger partial charge >= 0.3 is 0 Å². The van der Waals surface area contributed by atoms with Gasteiger partial charge in [-0.1, -0.05) is 98.2 Å². The molecule has 0 aliphatic carbocycles. The Morgan fingerprint density at radius 2 is 1.00 bits per heavy atom. The summed E-state index contributed by atoms with van der Waals surface area (Å²) >= 11 is 0. The molecule has 3 rings (SSSR count). The van der Waals surface area contributed by atoms with Gasteiger partial charge in [0.05, 0.1) is 16.1 Å². The first-order chi connectivity index (χ1) is 13.9. The Balaban J connectivity index is 2.23. The molecule has 0 radical (unpaired) electrons. The Bertz CT molecular complexity index is 1020. The van der Waals surface area contributed by atoms with Crippen molar-refractivity contribution in [1.82, 2.24) is 0 Å². The van der Waals surface area contributed by atoms with Crippen LogP contribution in [-0.2, 0) is 0 Å². The predicted octanol–water partition coefficient (Wildman–Crippen LogP) is 6.89. The summed E-state index contributed by atoms with van der Waals surface area (Å²) < 4.78 is 26.8. The van der Waals surface area contributed by atoms with Crippen LogP contribution >= 0.6 is 0 Å². The lowest BCUT2D eigenvalue weighted by molar-refractivity contribution is 0.627. The van der Waals surface area contributed by atoms with E-state index in [4.69, 9.17) is 0 Å². The predicted molar refractivity (Wildman–Crippen MR) is 133 cm³/mol. The van der Waals surface area contributed by atoms with Crippen molar-refractivity contribution in [3.05, 3.63) is 83.4 Å². The minimum Gasteiger partial charge on any atom is -0.207 e. The molecule has 0 bridgehead atoms. The highest BCUT2D eigenvalue weighted by molar-refractivity contribution is 6.92. The van der Waals surface area contributed by atoms with Gasteiger partial charge in [0.2, 0.25) is 0 Å². The molecule has 3 aromatic carbocycles. The molecule has 0 aliphatic heterocycles. The number of hydrogen-bond donors (Lipinski definition) is 0. The van der Waals surface area contributed by atoms with Gasteiger partial charge < -0.3 is 0 Å². The van der Waals surface area contributed by atoms with E-state index < -0.39 is 16.1 Å². The summed E-state index contributed by atoms with van der Waals surface area (Å²) in [4.78, 5) is 0. The maximum absolute atomic E-state index is 13.5. The van der Waals surface area contributed by atoms with E-state index in [-0.39, 0.29) is 11.6 Å². The van der Waals surface area contributed by atoms with Crippen LogP contribution in [0.1, 0.15) is 11.1 Å². The molecule has 0 saturated carbocycles. The smallest absolute Gasteiger partial charge is 0.123 e. The SMILES string of the molecule is C[Si](C)(C)c1cc(-c2ccc(F)cc2)cc([Si](C)(C)C)c1/C=C/c1ccc(F)cc1. The van der Waals surface area contributed by atoms with E-state index >= 15 is 0 Å². The minimum atomic E-state index is -1.67. The standard InChI is InChI=1S/C26H30F2Si2/c1-29(2,3)25-17-21(20-10-14-23(28)15-11-20)18-26(30(4,5)6)24(25)16-9-19-7-12-22(27)13-8-19/h7-18H,1-6H3/b16-9+. The van der Waals surface area contributed by atoms with Crippen LogP contribution in [0.15, 0.2) is 60.7 Å². The number of hydrogen-bond acceptors (Lipinski definition) is 0. The molecule has 0 heterocycles. The van der Waals surface area contributed by atoms with Crippen molar-refractivity contribution in [1.29, 1.82) is 0 Å². The van der Waals surface area contributed by atoms with E-state index in [0.29, 0.717) is 0 Å². The monoisotopic (exact) mass is 436 g/mol. The highest BCUT2D eigenvalue weighted by atomic mass is 28.3. The van der Waals surface area contributed by atoms with Crippen LogP contribution in [0.5, 0.6) is 0 Å². The summed E-state index contributed by atoms with van der Waals surface area (Å²) in [5.74, 6) is -0.435. The second-order valence-corrected chi connectivity index (χ2v) is 20.0. The molecule has 156 valence electrons. The lowest BCUT2D eigenvalue weighted by Crippen LogP contribution is -2.48. The maximum atomic E-state index is 13.5. The Morgan fingerprint density at radius 3 is 1.43 bits per heavy atom. The Labute approximate surface area is 181 Å². The molecule has 0 nitrogen and oxygen atoms in total. The molecule has 0 fully saturated rings. The average molecular weight is 437 g/mol. The summed E-state index contributed by atoms with van der Waals surface area (Å²) in [6, 6.07) is 18.0. The lowest BCUT2D eigenvalue weighted by atomic mass is 10.0. The van der Waals surface area contributed by atoms with Crippen LogP contribution in [-0.4, -0.2) is 16.1 Å². The van der Waals surface area contributed by atoms with Gasteiger partial charge in [-0.15, -0.1) is 0 Å². The second kappa shape index (κ2) is 8.44. The molecule has 0 saturated heterocycles. The van der Waals surface area contributed by atoms with Crippen LogP contribution in [0, 0.1) is 11.6 Å². The van der Waals surface area contributed by atoms with Crippen LogP contribution in [0.3, 0.4) is 0 Å². The molecule has 0 spiro atoms. The Morgan fingerprint density at radius 1 is 0.567 bits per heavy atom. The number of halogens is 2. The second-order valence-electron chi connectivity index (χ2n) is 9.88. The van der Waals surface area contributed by atoms with Crippen LogP contribution < -0.4 is 10.4 Å². The molecule has 0 atom stereocenters. The van der Waals surface area contributed by atoms with Crippen LogP contribution in [0.25, 0.3) is 23.3 Å². The largest absolute Gasteiger partial charge is 0.207 e. The zero-order valence-electron chi connectivity index (χ0n) is 18.7. The maximum Gasteiger partial charge on any atom is 0.123 e. The summed E-state index contributed by atoms with van der Waals surface area (Å²) in [6.45, 7) is 14.2. The van der Waals surface area contributed by atoms with E-state index in [1.54, 1.807) is 12.1 Å². The van der Waals surface area contributed by atoms with Crippen molar-refractivity contribution in [2.45, 2.75) is 39.3 Å². The molecule has 4 heteroatoms. The molecule has 0 amide bonds. The first kappa shape index (κ1) is 22.4. The fraction of sp³-hybridized carbons (Fsp3) is 0.231. The van der Waals surface area contributed by atoms with Crippen molar-refractivity contribution in [3.8, 4) is 11.1 Å². The fourth-order valence-corrected chi connectivity index (χ4v) is 6.99. The highest BCUT2D eigenvalue weighted by Crippen LogP contribution is 2.23. The number of benzene rings is 3. The summed E-state index contributed by atoms with van der Waals surface area (Å²) in [5.41, 5.74) is 4.50. The zero-order valence-corrected chi connectivity index (χ0v) is 20.7. The lowest BCUT2D eigenvalue weighted by Gasteiger charge is -2.28. The van der Waals surface area contributed by atoms with Gasteiger partial charge in [-0.2, -0.15) is 0 Å². The van der Waals surface area contributed by atoms with E-state index in [1.165, 1.54) is 40.2 Å². The molecule has 0 aromatic heterocycles. The third-order valence-electron chi connectivity index (χ3n) is 5.29. The topological polar surface area (TPSA) is 0 Å². The molecule has 0 aliphatic rings. The number of rotatable bonds is 5. The molecule has 0 unspecified atom stereocenters. The summed E-state index contributed by atoms with van der Waals surface area (Å²) in [6.07, 6.45) is 4.29. The van der Waals surface area contributed by atoms with E-state index in [0.717, 1.165) is 16.7 Å². The zero-order chi connectivity index (χ0) is 22.1. The van der Waals surface area contributed by atoms with Crippen molar-refractivity contribution >= 4 is 38.7 Å². The van der Waals surface area contributed by atoms with Gasteiger partial charge in [0.25, 0.3) is 0 Å². The minimum absolute atomic E-state index is 0.214. The van der Waals surface area contributed by atoms with E-state index in [1.807, 2.05) is 12.1 Å². The Hall–Kier alpha value is -2.31. The van der Waals surface area contributed by atoms with Crippen LogP contribution in [0.2, 0.25) is 39.3 Å². The fourth-order valence-electron chi connectivity index (χ4n) is 3.64. The first-order valence-electron chi connectivity index (χ1n) is 10.3. The van der Waals surface area contributed by atoms with E-state index in [2.05, 4.69) is 63.6 Å². The van der Waals surface area contributed by atoms with Crippen molar-refractivity contribution in [3.63, 3.8) is 0 Å². The quantitative estimate of drug-likeness (QED) is 0.302. The van der Waals surface area contributed by atoms with Crippen molar-refractivity contribution < 1.29 is 8.78 Å². The summed E-state index contributed by atoms with van der Waals surface area (Å²) in [7, 11) is -3.35. The average Bonchev–Trinajstić information content (AvgIpc) is 2.66. The van der Waals surface area contributed by atoms with Gasteiger partial charge in [-0.3, -0.25) is 0 Å². The van der Waals surface area contributed by atoms with Gasteiger partial charge in [0.15, 0.2) is 0 Å². The normalized spacial score (nSPS) is 12.5. The molecular weight excluding hydrogens is 406 g/mol. The Kier molecular flexibility index (Phi) is 6.30. The third-order valence-corrected chi connectivity index (χ3v) is 9.35. The summed E-state index contributed by atoms with van der Waals surface area (Å²) in [5, 5.41) is 2.81. The molecular formula is C26H30F2Si2. The van der Waals surface area contributed by atoms with Crippen LogP contribution in [0.4, 0.5) is 8.78 Å². The molecule has 0 N–H and O–H groups in total. The van der Waals surface area contributed by atoms with Gasteiger partial charge in [-0.25, -0.2) is 8.78 Å². The highest BCUT2D eigenvalue weighted by Gasteiger charge is 2.27. The molecule has 3 aromatic rings.